The van der Waals surface area contributed by atoms with Gasteiger partial charge >= 0.3 is 12.2 Å². The number of benzene rings is 1. The highest BCUT2D eigenvalue weighted by atomic mass is 35.5. The Kier molecular flexibility index (Phi) is 8.17. The van der Waals surface area contributed by atoms with Crippen molar-refractivity contribution in [2.24, 2.45) is 0 Å². The molecule has 11 nitrogen and oxygen atoms in total. The molecular formula is C31H31ClF3N7O4. The molecule has 0 bridgehead atoms. The Bertz CT molecular complexity index is 1710. The van der Waals surface area contributed by atoms with E-state index in [0.29, 0.717) is 29.4 Å². The topological polar surface area (TPSA) is 111 Å². The summed E-state index contributed by atoms with van der Waals surface area (Å²) in [7, 11) is 3.15. The Morgan fingerprint density at radius 2 is 1.80 bits per heavy atom. The van der Waals surface area contributed by atoms with Crippen molar-refractivity contribution in [2.75, 3.05) is 50.1 Å². The number of anilines is 2. The summed E-state index contributed by atoms with van der Waals surface area (Å²) in [6.45, 7) is 2.68. The van der Waals surface area contributed by atoms with Gasteiger partial charge in [0, 0.05) is 56.9 Å². The third-order valence-corrected chi connectivity index (χ3v) is 8.82. The number of likely N-dealkylation sites (N-methyl/N-ethyl adjacent to an activating group) is 1. The normalized spacial score (nSPS) is 21.6. The predicted octanol–water partition coefficient (Wildman–Crippen LogP) is 4.30. The summed E-state index contributed by atoms with van der Waals surface area (Å²) in [6, 6.07) is 8.63. The lowest BCUT2D eigenvalue weighted by Crippen LogP contribution is -2.57. The number of pyridine rings is 2. The van der Waals surface area contributed by atoms with Crippen molar-refractivity contribution in [1.29, 1.82) is 0 Å². The number of aromatic nitrogens is 2. The molecule has 2 aromatic heterocycles. The molecule has 3 saturated heterocycles. The largest absolute Gasteiger partial charge is 0.481 e. The van der Waals surface area contributed by atoms with Gasteiger partial charge in [0.1, 0.15) is 0 Å². The molecule has 3 fully saturated rings. The van der Waals surface area contributed by atoms with E-state index in [2.05, 4.69) is 10.3 Å². The van der Waals surface area contributed by atoms with Gasteiger partial charge in [0.25, 0.3) is 5.91 Å². The minimum Gasteiger partial charge on any atom is -0.481 e. The maximum Gasteiger partial charge on any atom is 0.418 e. The molecule has 5 heterocycles. The van der Waals surface area contributed by atoms with Crippen LogP contribution in [0.1, 0.15) is 29.4 Å². The number of amides is 4. The minimum atomic E-state index is -4.71. The minimum absolute atomic E-state index is 0.00319. The van der Waals surface area contributed by atoms with Gasteiger partial charge < -0.3 is 24.8 Å². The van der Waals surface area contributed by atoms with Crippen LogP contribution in [-0.4, -0.2) is 96.1 Å². The van der Waals surface area contributed by atoms with Gasteiger partial charge in [0.15, 0.2) is 5.69 Å². The van der Waals surface area contributed by atoms with Crippen molar-refractivity contribution in [1.82, 2.24) is 25.1 Å². The number of nitrogens with one attached hydrogen (secondary N) is 1. The summed E-state index contributed by atoms with van der Waals surface area (Å²) in [5, 5.41) is 2.85. The van der Waals surface area contributed by atoms with Crippen molar-refractivity contribution < 1.29 is 32.3 Å². The molecule has 15 heteroatoms. The molecule has 0 spiro atoms. The van der Waals surface area contributed by atoms with Crippen LogP contribution in [-0.2, 0) is 11.0 Å². The average molecular weight is 658 g/mol. The summed E-state index contributed by atoms with van der Waals surface area (Å²) >= 11 is 5.88. The monoisotopic (exact) mass is 657 g/mol. The van der Waals surface area contributed by atoms with E-state index in [1.54, 1.807) is 47.3 Å². The highest BCUT2D eigenvalue weighted by Crippen LogP contribution is 2.41. The van der Waals surface area contributed by atoms with Crippen molar-refractivity contribution in [3.63, 3.8) is 0 Å². The number of piperazine rings is 1. The maximum absolute atomic E-state index is 13.9. The second kappa shape index (κ2) is 12.0. The fraction of sp³-hybridized carbons (Fsp3) is 0.387. The smallest absolute Gasteiger partial charge is 0.418 e. The summed E-state index contributed by atoms with van der Waals surface area (Å²) in [5.74, 6) is -0.242. The van der Waals surface area contributed by atoms with Crippen LogP contribution in [0.3, 0.4) is 0 Å². The number of rotatable bonds is 6. The molecule has 3 atom stereocenters. The Balaban J connectivity index is 1.34. The van der Waals surface area contributed by atoms with Crippen molar-refractivity contribution in [2.45, 2.75) is 37.6 Å². The Hall–Kier alpha value is -4.59. The number of halogens is 4. The first-order valence-corrected chi connectivity index (χ1v) is 15.0. The second-order valence-corrected chi connectivity index (χ2v) is 12.1. The van der Waals surface area contributed by atoms with Crippen LogP contribution >= 0.6 is 11.6 Å². The lowest BCUT2D eigenvalue weighted by Gasteiger charge is -2.43. The third kappa shape index (κ3) is 5.77. The molecule has 0 radical (unpaired) electrons. The first-order chi connectivity index (χ1) is 21.8. The number of likely N-dealkylation sites (tertiary alicyclic amines) is 1. The van der Waals surface area contributed by atoms with Crippen LogP contribution in [0.25, 0.3) is 11.3 Å². The van der Waals surface area contributed by atoms with Crippen molar-refractivity contribution >= 4 is 40.8 Å². The van der Waals surface area contributed by atoms with Crippen LogP contribution in [0.2, 0.25) is 5.02 Å². The average Bonchev–Trinajstić information content (AvgIpc) is 3.51. The van der Waals surface area contributed by atoms with Gasteiger partial charge in [-0.25, -0.2) is 14.8 Å². The molecule has 3 aliphatic heterocycles. The molecule has 0 saturated carbocycles. The molecule has 4 amide bonds. The standard InChI is InChI=1S/C31H31ClF3N7O4/c1-17-13-41-20(16-42(30(41)45)24-8-6-18(32)11-22(24)31(33,34)35)15-40(17)25-9-7-23(21-5-4-10-36-29(21)46-3)38-27(25)28(44)37-19-12-26(43)39(2)14-19/h4-11,17,19-20H,12-16H2,1-3H3,(H,37,44)/t17-,19-,20+/m1/s1. The number of ether oxygens (including phenoxy) is 1. The summed E-state index contributed by atoms with van der Waals surface area (Å²) < 4.78 is 47.2. The van der Waals surface area contributed by atoms with Crippen LogP contribution in [0.15, 0.2) is 48.7 Å². The number of methoxy groups -OCH3 is 1. The van der Waals surface area contributed by atoms with E-state index in [1.165, 1.54) is 19.2 Å². The predicted molar refractivity (Wildman–Crippen MR) is 164 cm³/mol. The zero-order valence-electron chi connectivity index (χ0n) is 25.2. The molecule has 1 N–H and O–H groups in total. The maximum atomic E-state index is 13.9. The molecule has 6 rings (SSSR count). The number of alkyl halides is 3. The Morgan fingerprint density at radius 1 is 1.04 bits per heavy atom. The highest BCUT2D eigenvalue weighted by Gasteiger charge is 2.47. The summed E-state index contributed by atoms with van der Waals surface area (Å²) in [5.41, 5.74) is 0.349. The summed E-state index contributed by atoms with van der Waals surface area (Å²) in [4.78, 5) is 54.6. The van der Waals surface area contributed by atoms with E-state index in [4.69, 9.17) is 21.3 Å². The van der Waals surface area contributed by atoms with Gasteiger partial charge in [-0.05, 0) is 49.4 Å². The lowest BCUT2D eigenvalue weighted by atomic mass is 10.0. The molecule has 3 aromatic rings. The Labute approximate surface area is 267 Å². The second-order valence-electron chi connectivity index (χ2n) is 11.6. The van der Waals surface area contributed by atoms with Crippen molar-refractivity contribution in [3.8, 4) is 17.1 Å². The molecule has 3 aliphatic rings. The molecule has 0 unspecified atom stereocenters. The lowest BCUT2D eigenvalue weighted by molar-refractivity contribution is -0.137. The molecule has 242 valence electrons. The van der Waals surface area contributed by atoms with Crippen LogP contribution in [0.4, 0.5) is 29.3 Å². The van der Waals surface area contributed by atoms with Crippen LogP contribution in [0, 0.1) is 0 Å². The first-order valence-electron chi connectivity index (χ1n) is 14.6. The zero-order chi connectivity index (χ0) is 32.9. The number of urea groups is 1. The van der Waals surface area contributed by atoms with E-state index in [1.807, 2.05) is 11.8 Å². The van der Waals surface area contributed by atoms with Gasteiger partial charge in [0.2, 0.25) is 11.8 Å². The molecule has 0 aliphatic carbocycles. The quantitative estimate of drug-likeness (QED) is 0.421. The van der Waals surface area contributed by atoms with E-state index < -0.39 is 35.8 Å². The van der Waals surface area contributed by atoms with Gasteiger partial charge in [-0.15, -0.1) is 0 Å². The number of nitrogens with zero attached hydrogens (tertiary/aromatic N) is 6. The number of carbonyl (C=O) groups excluding carboxylic acids is 3. The van der Waals surface area contributed by atoms with E-state index in [9.17, 15) is 27.6 Å². The van der Waals surface area contributed by atoms with E-state index in [0.717, 1.165) is 11.0 Å². The fourth-order valence-electron chi connectivity index (χ4n) is 6.34. The van der Waals surface area contributed by atoms with Crippen molar-refractivity contribution in [3.05, 3.63) is 64.9 Å². The SMILES string of the molecule is COc1ncccc1-c1ccc(N2C[C@H]3CN(c4ccc(Cl)cc4C(F)(F)F)C(=O)N3C[C@H]2C)c(C(=O)N[C@@H]2CC(=O)N(C)C2)n1. The third-order valence-electron chi connectivity index (χ3n) is 8.58. The van der Waals surface area contributed by atoms with E-state index >= 15 is 0 Å². The zero-order valence-corrected chi connectivity index (χ0v) is 26.0. The fourth-order valence-corrected chi connectivity index (χ4v) is 6.52. The number of fused-ring (bicyclic) bond motifs is 1. The number of carbonyl (C=O) groups is 3. The Morgan fingerprint density at radius 3 is 2.50 bits per heavy atom. The molecule has 1 aromatic carbocycles. The van der Waals surface area contributed by atoms with Gasteiger partial charge in [-0.1, -0.05) is 11.6 Å². The van der Waals surface area contributed by atoms with Gasteiger partial charge in [0.05, 0.1) is 47.4 Å². The van der Waals surface area contributed by atoms with Gasteiger partial charge in [-0.2, -0.15) is 13.2 Å². The summed E-state index contributed by atoms with van der Waals surface area (Å²) in [6.07, 6.45) is -2.98. The highest BCUT2D eigenvalue weighted by molar-refractivity contribution is 6.30. The molecular weight excluding hydrogens is 627 g/mol. The van der Waals surface area contributed by atoms with Crippen LogP contribution in [0.5, 0.6) is 5.88 Å². The van der Waals surface area contributed by atoms with Gasteiger partial charge in [-0.3, -0.25) is 14.5 Å². The van der Waals surface area contributed by atoms with E-state index in [-0.39, 0.29) is 54.4 Å². The number of hydrogen-bond donors (Lipinski definition) is 1. The number of hydrogen-bond acceptors (Lipinski definition) is 7. The first kappa shape index (κ1) is 31.4. The molecule has 46 heavy (non-hydrogen) atoms. The van der Waals surface area contributed by atoms with Crippen LogP contribution < -0.4 is 19.9 Å².